The van der Waals surface area contributed by atoms with Gasteiger partial charge in [-0.2, -0.15) is 0 Å². The Morgan fingerprint density at radius 2 is 1.60 bits per heavy atom. The monoisotopic (exact) mass is 397 g/mol. The van der Waals surface area contributed by atoms with Gasteiger partial charge in [-0.25, -0.2) is 8.42 Å². The second-order valence-electron chi connectivity index (χ2n) is 6.10. The number of carbonyl (C=O) groups excluding carboxylic acids is 1. The molecule has 2 aromatic carbocycles. The molecule has 25 heavy (non-hydrogen) atoms. The lowest BCUT2D eigenvalue weighted by Gasteiger charge is -2.27. The van der Waals surface area contributed by atoms with Crippen molar-refractivity contribution in [2.75, 3.05) is 5.32 Å². The van der Waals surface area contributed by atoms with Crippen molar-refractivity contribution in [3.63, 3.8) is 0 Å². The summed E-state index contributed by atoms with van der Waals surface area (Å²) in [6, 6.07) is 12.8. The van der Waals surface area contributed by atoms with Gasteiger partial charge in [0.1, 0.15) is 0 Å². The molecule has 4 nitrogen and oxygen atoms in total. The number of nitrogens with one attached hydrogen (secondary N) is 1. The molecule has 2 aromatic rings. The lowest BCUT2D eigenvalue weighted by molar-refractivity contribution is -0.118. The molecule has 1 aliphatic rings. The van der Waals surface area contributed by atoms with Gasteiger partial charge in [0.25, 0.3) is 0 Å². The molecule has 0 aliphatic heterocycles. The van der Waals surface area contributed by atoms with Crippen LogP contribution in [0.5, 0.6) is 0 Å². The molecule has 0 heterocycles. The number of sulfone groups is 1. The summed E-state index contributed by atoms with van der Waals surface area (Å²) in [5.74, 6) is -0.521. The highest BCUT2D eigenvalue weighted by molar-refractivity contribution is 7.93. The first-order chi connectivity index (χ1) is 11.9. The standard InChI is InChI=1S/C18H17Cl2NO3S/c19-15-9-8-13(12-16(15)20)21-17(22)18(10-4-5-11-18)25(23,24)14-6-2-1-3-7-14/h1-3,6-9,12H,4-5,10-11H2,(H,21,22). The van der Waals surface area contributed by atoms with Crippen LogP contribution in [0.3, 0.4) is 0 Å². The summed E-state index contributed by atoms with van der Waals surface area (Å²) in [6.45, 7) is 0. The molecule has 0 unspecified atom stereocenters. The average molecular weight is 398 g/mol. The number of rotatable bonds is 4. The molecule has 1 aliphatic carbocycles. The Kier molecular flexibility index (Phi) is 5.09. The fourth-order valence-corrected chi connectivity index (χ4v) is 5.59. The maximum Gasteiger partial charge on any atom is 0.246 e. The number of hydrogen-bond donors (Lipinski definition) is 1. The molecule has 0 atom stereocenters. The van der Waals surface area contributed by atoms with Crippen LogP contribution in [0.25, 0.3) is 0 Å². The SMILES string of the molecule is O=C(Nc1ccc(Cl)c(Cl)c1)C1(S(=O)(=O)c2ccccc2)CCCC1. The number of carbonyl (C=O) groups is 1. The van der Waals surface area contributed by atoms with E-state index in [2.05, 4.69) is 5.32 Å². The number of anilines is 1. The van der Waals surface area contributed by atoms with E-state index < -0.39 is 20.5 Å². The maximum atomic E-state index is 13.2. The number of hydrogen-bond acceptors (Lipinski definition) is 3. The van der Waals surface area contributed by atoms with Crippen molar-refractivity contribution in [1.29, 1.82) is 0 Å². The largest absolute Gasteiger partial charge is 0.325 e. The van der Waals surface area contributed by atoms with E-state index in [0.717, 1.165) is 0 Å². The first kappa shape index (κ1) is 18.2. The van der Waals surface area contributed by atoms with E-state index in [1.54, 1.807) is 30.3 Å². The van der Waals surface area contributed by atoms with Crippen molar-refractivity contribution in [1.82, 2.24) is 0 Å². The Morgan fingerprint density at radius 1 is 0.960 bits per heavy atom. The van der Waals surface area contributed by atoms with Gasteiger partial charge >= 0.3 is 0 Å². The lowest BCUT2D eigenvalue weighted by Crippen LogP contribution is -2.47. The van der Waals surface area contributed by atoms with Crippen LogP contribution < -0.4 is 5.32 Å². The van der Waals surface area contributed by atoms with Gasteiger partial charge in [0.05, 0.1) is 14.9 Å². The molecule has 1 fully saturated rings. The Hall–Kier alpha value is -1.56. The Morgan fingerprint density at radius 3 is 2.20 bits per heavy atom. The van der Waals surface area contributed by atoms with Crippen LogP contribution in [-0.2, 0) is 14.6 Å². The second-order valence-corrected chi connectivity index (χ2v) is 9.18. The predicted octanol–water partition coefficient (Wildman–Crippen LogP) is 4.72. The van der Waals surface area contributed by atoms with Gasteiger partial charge in [-0.1, -0.05) is 54.2 Å². The van der Waals surface area contributed by atoms with Crippen LogP contribution in [-0.4, -0.2) is 19.1 Å². The van der Waals surface area contributed by atoms with E-state index >= 15 is 0 Å². The van der Waals surface area contributed by atoms with E-state index in [9.17, 15) is 13.2 Å². The summed E-state index contributed by atoms with van der Waals surface area (Å²) in [5.41, 5.74) is 0.425. The fourth-order valence-electron chi connectivity index (χ4n) is 3.21. The van der Waals surface area contributed by atoms with Crippen LogP contribution in [0, 0.1) is 0 Å². The Balaban J connectivity index is 1.97. The minimum atomic E-state index is -3.81. The van der Waals surface area contributed by atoms with Crippen LogP contribution in [0.15, 0.2) is 53.4 Å². The van der Waals surface area contributed by atoms with Gasteiger partial charge in [-0.3, -0.25) is 4.79 Å². The summed E-state index contributed by atoms with van der Waals surface area (Å²) in [5, 5.41) is 3.37. The molecule has 7 heteroatoms. The molecule has 3 rings (SSSR count). The molecule has 132 valence electrons. The molecule has 0 bridgehead atoms. The summed E-state index contributed by atoms with van der Waals surface area (Å²) >= 11 is 11.9. The van der Waals surface area contributed by atoms with Crippen LogP contribution in [0.2, 0.25) is 10.0 Å². The van der Waals surface area contributed by atoms with Crippen LogP contribution in [0.4, 0.5) is 5.69 Å². The normalized spacial score (nSPS) is 16.6. The van der Waals surface area contributed by atoms with Crippen molar-refractivity contribution < 1.29 is 13.2 Å². The number of amides is 1. The first-order valence-corrected chi connectivity index (χ1v) is 10.2. The smallest absolute Gasteiger partial charge is 0.246 e. The molecule has 0 radical (unpaired) electrons. The highest BCUT2D eigenvalue weighted by Crippen LogP contribution is 2.41. The van der Waals surface area contributed by atoms with Gasteiger partial charge in [0.15, 0.2) is 14.6 Å². The van der Waals surface area contributed by atoms with Crippen LogP contribution in [0.1, 0.15) is 25.7 Å². The van der Waals surface area contributed by atoms with Crippen molar-refractivity contribution >= 4 is 44.6 Å². The quantitative estimate of drug-likeness (QED) is 0.811. The number of benzene rings is 2. The predicted molar refractivity (Wildman–Crippen MR) is 99.9 cm³/mol. The lowest BCUT2D eigenvalue weighted by atomic mass is 10.1. The molecular weight excluding hydrogens is 381 g/mol. The van der Waals surface area contributed by atoms with E-state index in [1.807, 2.05) is 0 Å². The molecule has 0 aromatic heterocycles. The van der Waals surface area contributed by atoms with Gasteiger partial charge in [-0.15, -0.1) is 0 Å². The Labute approximate surface area is 157 Å². The van der Waals surface area contributed by atoms with Crippen molar-refractivity contribution in [3.05, 3.63) is 58.6 Å². The zero-order valence-corrected chi connectivity index (χ0v) is 15.7. The fraction of sp³-hybridized carbons (Fsp3) is 0.278. The Bertz CT molecular complexity index is 892. The summed E-state index contributed by atoms with van der Waals surface area (Å²) in [6.07, 6.45) is 2.00. The molecular formula is C18H17Cl2NO3S. The molecule has 1 N–H and O–H groups in total. The van der Waals surface area contributed by atoms with Gasteiger partial charge in [0.2, 0.25) is 5.91 Å². The summed E-state index contributed by atoms with van der Waals surface area (Å²) in [7, 11) is -3.81. The van der Waals surface area contributed by atoms with Gasteiger partial charge in [0, 0.05) is 5.69 Å². The van der Waals surface area contributed by atoms with E-state index in [-0.39, 0.29) is 4.90 Å². The van der Waals surface area contributed by atoms with Gasteiger partial charge in [-0.05, 0) is 43.2 Å². The molecule has 1 saturated carbocycles. The number of halogens is 2. The third-order valence-corrected chi connectivity index (χ3v) is 7.82. The average Bonchev–Trinajstić information content (AvgIpc) is 3.11. The molecule has 1 amide bonds. The molecule has 0 spiro atoms. The maximum absolute atomic E-state index is 13.2. The minimum Gasteiger partial charge on any atom is -0.325 e. The van der Waals surface area contributed by atoms with E-state index in [1.165, 1.54) is 18.2 Å². The third kappa shape index (κ3) is 3.28. The topological polar surface area (TPSA) is 63.2 Å². The zero-order valence-electron chi connectivity index (χ0n) is 13.3. The third-order valence-electron chi connectivity index (χ3n) is 4.57. The van der Waals surface area contributed by atoms with Crippen LogP contribution >= 0.6 is 23.2 Å². The summed E-state index contributed by atoms with van der Waals surface area (Å²) < 4.78 is 24.9. The highest BCUT2D eigenvalue weighted by Gasteiger charge is 2.52. The van der Waals surface area contributed by atoms with Crippen molar-refractivity contribution in [2.45, 2.75) is 35.3 Å². The van der Waals surface area contributed by atoms with Gasteiger partial charge < -0.3 is 5.32 Å². The minimum absolute atomic E-state index is 0.168. The first-order valence-electron chi connectivity index (χ1n) is 7.93. The molecule has 0 saturated heterocycles. The van der Waals surface area contributed by atoms with Crippen molar-refractivity contribution in [3.8, 4) is 0 Å². The summed E-state index contributed by atoms with van der Waals surface area (Å²) in [4.78, 5) is 13.2. The van der Waals surface area contributed by atoms with E-state index in [4.69, 9.17) is 23.2 Å². The van der Waals surface area contributed by atoms with Crippen molar-refractivity contribution in [2.24, 2.45) is 0 Å². The second kappa shape index (κ2) is 6.98. The highest BCUT2D eigenvalue weighted by atomic mass is 35.5. The zero-order chi connectivity index (χ0) is 18.1. The van der Waals surface area contributed by atoms with E-state index in [0.29, 0.717) is 41.4 Å².